The largest absolute Gasteiger partial charge is 0.504 e. The van der Waals surface area contributed by atoms with Crippen molar-refractivity contribution >= 4 is 11.0 Å². The molecule has 15 heteroatoms. The summed E-state index contributed by atoms with van der Waals surface area (Å²) >= 11 is 0. The molecule has 228 valence electrons. The van der Waals surface area contributed by atoms with E-state index in [0.29, 0.717) is 0 Å². The Labute approximate surface area is 236 Å². The maximum atomic E-state index is 13.1. The molecule has 2 aliphatic heterocycles. The molecule has 2 aliphatic rings. The Morgan fingerprint density at radius 3 is 2.24 bits per heavy atom. The second-order valence-corrected chi connectivity index (χ2v) is 9.95. The van der Waals surface area contributed by atoms with E-state index in [1.807, 2.05) is 0 Å². The van der Waals surface area contributed by atoms with Crippen molar-refractivity contribution in [1.29, 1.82) is 0 Å². The van der Waals surface area contributed by atoms with E-state index >= 15 is 0 Å². The number of aromatic hydroxyl groups is 2. The first-order valence-electron chi connectivity index (χ1n) is 12.8. The van der Waals surface area contributed by atoms with Gasteiger partial charge in [-0.05, 0) is 25.1 Å². The third kappa shape index (κ3) is 5.32. The Morgan fingerprint density at radius 2 is 1.52 bits per heavy atom. The number of methoxy groups -OCH3 is 1. The van der Waals surface area contributed by atoms with Crippen LogP contribution in [0.1, 0.15) is 6.92 Å². The molecule has 3 aromatic rings. The van der Waals surface area contributed by atoms with Crippen LogP contribution in [0.15, 0.2) is 39.5 Å². The first-order chi connectivity index (χ1) is 19.9. The number of benzene rings is 2. The monoisotopic (exact) mass is 594 g/mol. The maximum absolute atomic E-state index is 13.1. The molecular weight excluding hydrogens is 564 g/mol. The molecule has 0 spiro atoms. The van der Waals surface area contributed by atoms with Gasteiger partial charge in [-0.3, -0.25) is 4.79 Å². The van der Waals surface area contributed by atoms with Gasteiger partial charge < -0.3 is 69.0 Å². The first-order valence-corrected chi connectivity index (χ1v) is 12.8. The van der Waals surface area contributed by atoms with E-state index in [1.165, 1.54) is 38.3 Å². The minimum absolute atomic E-state index is 0.0467. The van der Waals surface area contributed by atoms with E-state index in [2.05, 4.69) is 0 Å². The zero-order valence-electron chi connectivity index (χ0n) is 22.2. The van der Waals surface area contributed by atoms with Crippen molar-refractivity contribution in [3.63, 3.8) is 0 Å². The molecule has 0 radical (unpaired) electrons. The van der Waals surface area contributed by atoms with E-state index in [-0.39, 0.29) is 51.9 Å². The molecule has 15 nitrogen and oxygen atoms in total. The quantitative estimate of drug-likeness (QED) is 0.169. The van der Waals surface area contributed by atoms with Gasteiger partial charge in [0.25, 0.3) is 0 Å². The van der Waals surface area contributed by atoms with E-state index in [1.54, 1.807) is 0 Å². The molecule has 0 amide bonds. The van der Waals surface area contributed by atoms with Crippen LogP contribution in [0.4, 0.5) is 0 Å². The Balaban J connectivity index is 1.51. The van der Waals surface area contributed by atoms with E-state index in [9.17, 15) is 45.6 Å². The smallest absolute Gasteiger partial charge is 0.229 e. The number of hydrogen-bond donors (Lipinski definition) is 8. The van der Waals surface area contributed by atoms with Crippen LogP contribution in [0.5, 0.6) is 28.7 Å². The molecule has 2 aromatic carbocycles. The van der Waals surface area contributed by atoms with Gasteiger partial charge in [-0.25, -0.2) is 0 Å². The molecule has 0 aliphatic carbocycles. The number of rotatable bonds is 6. The van der Waals surface area contributed by atoms with Crippen molar-refractivity contribution in [1.82, 2.24) is 0 Å². The highest BCUT2D eigenvalue weighted by Crippen LogP contribution is 2.44. The van der Waals surface area contributed by atoms with Crippen molar-refractivity contribution in [2.45, 2.75) is 62.2 Å². The number of aliphatic hydroxyl groups is 6. The Kier molecular flexibility index (Phi) is 8.19. The van der Waals surface area contributed by atoms with Crippen LogP contribution in [-0.4, -0.2) is 110 Å². The van der Waals surface area contributed by atoms with Crippen molar-refractivity contribution in [3.05, 3.63) is 40.6 Å². The van der Waals surface area contributed by atoms with Gasteiger partial charge in [0.1, 0.15) is 53.4 Å². The second-order valence-electron chi connectivity index (χ2n) is 9.95. The van der Waals surface area contributed by atoms with Gasteiger partial charge in [-0.1, -0.05) is 0 Å². The highest BCUT2D eigenvalue weighted by atomic mass is 16.7. The average molecular weight is 595 g/mol. The fourth-order valence-electron chi connectivity index (χ4n) is 4.69. The molecule has 2 saturated heterocycles. The minimum Gasteiger partial charge on any atom is -0.504 e. The van der Waals surface area contributed by atoms with Gasteiger partial charge in [0.2, 0.25) is 18.3 Å². The lowest BCUT2D eigenvalue weighted by Crippen LogP contribution is -2.58. The molecule has 2 fully saturated rings. The highest BCUT2D eigenvalue weighted by molar-refractivity contribution is 5.89. The van der Waals surface area contributed by atoms with Crippen molar-refractivity contribution in [3.8, 4) is 40.1 Å². The van der Waals surface area contributed by atoms with Crippen LogP contribution in [0.2, 0.25) is 0 Å². The Hall–Kier alpha value is -3.67. The maximum Gasteiger partial charge on any atom is 0.229 e. The third-order valence-electron chi connectivity index (χ3n) is 7.11. The van der Waals surface area contributed by atoms with Gasteiger partial charge >= 0.3 is 0 Å². The second kappa shape index (κ2) is 11.5. The van der Waals surface area contributed by atoms with Crippen LogP contribution in [0, 0.1) is 0 Å². The number of fused-ring (bicyclic) bond motifs is 1. The summed E-state index contributed by atoms with van der Waals surface area (Å²) in [5.41, 5.74) is -0.653. The van der Waals surface area contributed by atoms with Crippen molar-refractivity contribution in [2.24, 2.45) is 0 Å². The molecule has 5 rings (SSSR count). The van der Waals surface area contributed by atoms with Crippen molar-refractivity contribution < 1.29 is 69.0 Å². The molecule has 9 unspecified atom stereocenters. The number of hydrogen-bond acceptors (Lipinski definition) is 15. The first kappa shape index (κ1) is 29.8. The molecule has 0 bridgehead atoms. The van der Waals surface area contributed by atoms with Gasteiger partial charge in [-0.15, -0.1) is 0 Å². The van der Waals surface area contributed by atoms with E-state index in [0.717, 1.165) is 6.07 Å². The third-order valence-corrected chi connectivity index (χ3v) is 7.11. The minimum atomic E-state index is -1.68. The van der Waals surface area contributed by atoms with Crippen LogP contribution in [0.3, 0.4) is 0 Å². The topological polar surface area (TPSA) is 238 Å². The highest BCUT2D eigenvalue weighted by Gasteiger charge is 2.44. The Morgan fingerprint density at radius 1 is 0.833 bits per heavy atom. The lowest BCUT2D eigenvalue weighted by atomic mass is 10.00. The summed E-state index contributed by atoms with van der Waals surface area (Å²) in [4.78, 5) is 13.1. The summed E-state index contributed by atoms with van der Waals surface area (Å²) in [5, 5.41) is 81.1. The summed E-state index contributed by atoms with van der Waals surface area (Å²) in [6.07, 6.45) is -13.0. The summed E-state index contributed by atoms with van der Waals surface area (Å²) in [7, 11) is 1.20. The average Bonchev–Trinajstić information content (AvgIpc) is 2.95. The zero-order valence-corrected chi connectivity index (χ0v) is 22.2. The fourth-order valence-corrected chi connectivity index (χ4v) is 4.69. The van der Waals surface area contributed by atoms with Crippen molar-refractivity contribution in [2.75, 3.05) is 13.7 Å². The summed E-state index contributed by atoms with van der Waals surface area (Å²) < 4.78 is 33.0. The Bertz CT molecular complexity index is 1510. The number of phenols is 2. The lowest BCUT2D eigenvalue weighted by molar-refractivity contribution is -0.268. The summed E-state index contributed by atoms with van der Waals surface area (Å²) in [6.45, 7) is 1.13. The van der Waals surface area contributed by atoms with E-state index < -0.39 is 66.5 Å². The normalized spacial score (nSPS) is 31.6. The van der Waals surface area contributed by atoms with Crippen LogP contribution >= 0.6 is 0 Å². The standard InChI is InChI=1S/C27H30O15/c1-9-19(31)22(34)24(36)27(39-9)42-17-7-16-18(21(33)25(17)37-2)12(29)6-14(40-16)10-3-4-11(28)15(5-10)41-26-23(35)20(32)13(30)8-38-26/h3-7,9,13,19-20,22-24,26-28,30-36H,8H2,1-2H3. The molecule has 3 heterocycles. The van der Waals surface area contributed by atoms with E-state index in [4.69, 9.17) is 28.1 Å². The fraction of sp³-hybridized carbons (Fsp3) is 0.444. The molecule has 8 N–H and O–H groups in total. The molecule has 42 heavy (non-hydrogen) atoms. The van der Waals surface area contributed by atoms with Crippen LogP contribution < -0.4 is 19.6 Å². The van der Waals surface area contributed by atoms with Gasteiger partial charge in [0.15, 0.2) is 28.4 Å². The van der Waals surface area contributed by atoms with Gasteiger partial charge in [0, 0.05) is 17.7 Å². The van der Waals surface area contributed by atoms with Crippen LogP contribution in [0.25, 0.3) is 22.3 Å². The van der Waals surface area contributed by atoms with Gasteiger partial charge in [0.05, 0.1) is 19.8 Å². The number of phenolic OH excluding ortho intramolecular Hbond substituents is 2. The van der Waals surface area contributed by atoms with Crippen LogP contribution in [-0.2, 0) is 9.47 Å². The molecule has 9 atom stereocenters. The van der Waals surface area contributed by atoms with Gasteiger partial charge in [-0.2, -0.15) is 0 Å². The predicted molar refractivity (Wildman–Crippen MR) is 139 cm³/mol. The molecule has 1 aromatic heterocycles. The summed E-state index contributed by atoms with van der Waals surface area (Å²) in [6, 6.07) is 6.15. The predicted octanol–water partition coefficient (Wildman–Crippen LogP) is -1.10. The SMILES string of the molecule is COc1c(OC2OC(C)C(O)C(O)C2O)cc2oc(-c3ccc(O)c(OC4OCC(O)C(O)C4O)c3)cc(=O)c2c1O. The zero-order chi connectivity index (χ0) is 30.5. The summed E-state index contributed by atoms with van der Waals surface area (Å²) in [5.74, 6) is -1.77. The number of ether oxygens (including phenoxy) is 5. The lowest BCUT2D eigenvalue weighted by Gasteiger charge is -2.39. The number of aliphatic hydroxyl groups excluding tert-OH is 6. The molecular formula is C27H30O15. The molecule has 0 saturated carbocycles.